The van der Waals surface area contributed by atoms with Crippen LogP contribution in [0, 0.1) is 0 Å². The molecule has 1 saturated heterocycles. The van der Waals surface area contributed by atoms with E-state index >= 15 is 0 Å². The highest BCUT2D eigenvalue weighted by Crippen LogP contribution is 2.32. The number of hydrogen-bond donors (Lipinski definition) is 0. The molecule has 122 valence electrons. The second-order valence-corrected chi connectivity index (χ2v) is 7.00. The van der Waals surface area contributed by atoms with Crippen molar-refractivity contribution in [2.24, 2.45) is 0 Å². The normalized spacial score (nSPS) is 16.3. The summed E-state index contributed by atoms with van der Waals surface area (Å²) in [5.41, 5.74) is 0.866. The molecule has 1 heterocycles. The molecule has 7 heteroatoms. The monoisotopic (exact) mass is 368 g/mol. The predicted octanol–water partition coefficient (Wildman–Crippen LogP) is 3.41. The lowest BCUT2D eigenvalue weighted by Gasteiger charge is -2.22. The minimum atomic E-state index is -0.226. The number of likely N-dealkylation sites (N-methyl/N-ethyl adjacent to an activating group) is 1. The molecule has 0 unspecified atom stereocenters. The number of rotatable bonds is 5. The number of amides is 2. The molecule has 0 atom stereocenters. The van der Waals surface area contributed by atoms with Gasteiger partial charge in [0.15, 0.2) is 0 Å². The number of nitrogens with zero attached hydrogens (tertiary/aromatic N) is 2. The first-order valence-electron chi connectivity index (χ1n) is 7.25. The molecule has 1 aliphatic rings. The molecule has 1 aliphatic heterocycles. The van der Waals surface area contributed by atoms with Gasteiger partial charge in [-0.05, 0) is 37.6 Å². The van der Waals surface area contributed by atoms with E-state index in [1.54, 1.807) is 23.1 Å². The molecular formula is C16H17ClN2O2S2. The van der Waals surface area contributed by atoms with Gasteiger partial charge < -0.3 is 4.90 Å². The van der Waals surface area contributed by atoms with Crippen LogP contribution in [0.5, 0.6) is 0 Å². The Labute approximate surface area is 150 Å². The molecule has 4 nitrogen and oxygen atoms in total. The van der Waals surface area contributed by atoms with Crippen molar-refractivity contribution in [1.29, 1.82) is 0 Å². The Bertz CT molecular complexity index is 655. The molecule has 0 aromatic heterocycles. The van der Waals surface area contributed by atoms with Crippen LogP contribution in [0.4, 0.5) is 0 Å². The first kappa shape index (κ1) is 18.0. The molecule has 0 aliphatic carbocycles. The molecule has 0 saturated carbocycles. The standard InChI is InChI=1S/C16H17ClN2O2S2/c1-3-18(4-2)14(20)10-19-15(21)13(23-16(19)22)9-11-5-7-12(17)8-6-11/h5-9H,3-4,10H2,1-2H3/b13-9-. The number of hydrogen-bond acceptors (Lipinski definition) is 4. The third-order valence-electron chi connectivity index (χ3n) is 3.45. The van der Waals surface area contributed by atoms with E-state index in [2.05, 4.69) is 0 Å². The van der Waals surface area contributed by atoms with Crippen molar-refractivity contribution in [2.45, 2.75) is 13.8 Å². The molecule has 2 amide bonds. The van der Waals surface area contributed by atoms with Crippen LogP contribution in [0.15, 0.2) is 29.2 Å². The van der Waals surface area contributed by atoms with Gasteiger partial charge in [-0.25, -0.2) is 0 Å². The highest BCUT2D eigenvalue weighted by Gasteiger charge is 2.34. The van der Waals surface area contributed by atoms with Crippen LogP contribution in [-0.2, 0) is 9.59 Å². The van der Waals surface area contributed by atoms with Gasteiger partial charge in [0, 0.05) is 18.1 Å². The van der Waals surface area contributed by atoms with E-state index in [4.69, 9.17) is 23.8 Å². The minimum Gasteiger partial charge on any atom is -0.342 e. The third kappa shape index (κ3) is 4.34. The number of thioether (sulfide) groups is 1. The lowest BCUT2D eigenvalue weighted by Crippen LogP contribution is -2.41. The fourth-order valence-electron chi connectivity index (χ4n) is 2.16. The van der Waals surface area contributed by atoms with Crippen molar-refractivity contribution < 1.29 is 9.59 Å². The van der Waals surface area contributed by atoms with Gasteiger partial charge in [-0.1, -0.05) is 47.7 Å². The van der Waals surface area contributed by atoms with Crippen molar-refractivity contribution in [3.05, 3.63) is 39.8 Å². The van der Waals surface area contributed by atoms with Crippen molar-refractivity contribution in [3.63, 3.8) is 0 Å². The molecule has 2 rings (SSSR count). The second kappa shape index (κ2) is 7.95. The van der Waals surface area contributed by atoms with Crippen LogP contribution in [-0.4, -0.2) is 45.6 Å². The first-order chi connectivity index (χ1) is 11.0. The highest BCUT2D eigenvalue weighted by molar-refractivity contribution is 8.26. The van der Waals surface area contributed by atoms with E-state index in [9.17, 15) is 9.59 Å². The molecule has 0 bridgehead atoms. The molecule has 1 aromatic carbocycles. The number of carbonyl (C=O) groups is 2. The molecule has 0 spiro atoms. The number of benzene rings is 1. The van der Waals surface area contributed by atoms with Gasteiger partial charge in [0.05, 0.1) is 4.91 Å². The minimum absolute atomic E-state index is 0.00962. The zero-order chi connectivity index (χ0) is 17.0. The Morgan fingerprint density at radius 3 is 2.48 bits per heavy atom. The maximum Gasteiger partial charge on any atom is 0.266 e. The van der Waals surface area contributed by atoms with Crippen LogP contribution >= 0.6 is 35.6 Å². The van der Waals surface area contributed by atoms with E-state index < -0.39 is 0 Å². The smallest absolute Gasteiger partial charge is 0.266 e. The Morgan fingerprint density at radius 2 is 1.91 bits per heavy atom. The molecule has 23 heavy (non-hydrogen) atoms. The third-order valence-corrected chi connectivity index (χ3v) is 5.08. The fraction of sp³-hybridized carbons (Fsp3) is 0.312. The van der Waals surface area contributed by atoms with Crippen LogP contribution in [0.2, 0.25) is 5.02 Å². The van der Waals surface area contributed by atoms with Crippen molar-refractivity contribution >= 4 is 57.8 Å². The predicted molar refractivity (Wildman–Crippen MR) is 99.3 cm³/mol. The summed E-state index contributed by atoms with van der Waals surface area (Å²) >= 11 is 12.3. The summed E-state index contributed by atoms with van der Waals surface area (Å²) in [6.07, 6.45) is 1.76. The van der Waals surface area contributed by atoms with Gasteiger partial charge in [-0.2, -0.15) is 0 Å². The summed E-state index contributed by atoms with van der Waals surface area (Å²) in [7, 11) is 0. The zero-order valence-corrected chi connectivity index (χ0v) is 15.3. The Morgan fingerprint density at radius 1 is 1.30 bits per heavy atom. The van der Waals surface area contributed by atoms with Crippen molar-refractivity contribution in [1.82, 2.24) is 9.80 Å². The molecule has 1 aromatic rings. The van der Waals surface area contributed by atoms with Gasteiger partial charge in [-0.3, -0.25) is 14.5 Å². The average Bonchev–Trinajstić information content (AvgIpc) is 2.78. The van der Waals surface area contributed by atoms with Crippen molar-refractivity contribution in [3.8, 4) is 0 Å². The van der Waals surface area contributed by atoms with Gasteiger partial charge in [0.1, 0.15) is 10.9 Å². The molecule has 0 N–H and O–H groups in total. The van der Waals surface area contributed by atoms with E-state index in [0.29, 0.717) is 27.3 Å². The maximum absolute atomic E-state index is 12.5. The Kier molecular flexibility index (Phi) is 6.21. The highest BCUT2D eigenvalue weighted by atomic mass is 35.5. The van der Waals surface area contributed by atoms with Crippen LogP contribution in [0.1, 0.15) is 19.4 Å². The summed E-state index contributed by atoms with van der Waals surface area (Å²) in [6, 6.07) is 7.18. The molecule has 0 radical (unpaired) electrons. The lowest BCUT2D eigenvalue weighted by atomic mass is 10.2. The quantitative estimate of drug-likeness (QED) is 0.590. The van der Waals surface area contributed by atoms with E-state index in [1.165, 1.54) is 16.7 Å². The Hall–Kier alpha value is -1.37. The lowest BCUT2D eigenvalue weighted by molar-refractivity contribution is -0.135. The SMILES string of the molecule is CCN(CC)C(=O)CN1C(=O)/C(=C/c2ccc(Cl)cc2)SC1=S. The number of carbonyl (C=O) groups excluding carboxylic acids is 2. The summed E-state index contributed by atoms with van der Waals surface area (Å²) < 4.78 is 0.413. The summed E-state index contributed by atoms with van der Waals surface area (Å²) in [5, 5.41) is 0.638. The van der Waals surface area contributed by atoms with E-state index in [-0.39, 0.29) is 18.4 Å². The van der Waals surface area contributed by atoms with Crippen LogP contribution in [0.25, 0.3) is 6.08 Å². The molecular weight excluding hydrogens is 352 g/mol. The number of thiocarbonyl (C=S) groups is 1. The second-order valence-electron chi connectivity index (χ2n) is 4.89. The first-order valence-corrected chi connectivity index (χ1v) is 8.85. The van der Waals surface area contributed by atoms with Gasteiger partial charge in [-0.15, -0.1) is 0 Å². The topological polar surface area (TPSA) is 40.6 Å². The van der Waals surface area contributed by atoms with Gasteiger partial charge in [0.2, 0.25) is 5.91 Å². The zero-order valence-electron chi connectivity index (χ0n) is 12.9. The summed E-state index contributed by atoms with van der Waals surface area (Å²) in [5.74, 6) is -0.325. The van der Waals surface area contributed by atoms with Crippen molar-refractivity contribution in [2.75, 3.05) is 19.6 Å². The fourth-order valence-corrected chi connectivity index (χ4v) is 3.54. The molecule has 1 fully saturated rings. The van der Waals surface area contributed by atoms with Crippen LogP contribution in [0.3, 0.4) is 0 Å². The van der Waals surface area contributed by atoms with Crippen LogP contribution < -0.4 is 0 Å². The summed E-state index contributed by atoms with van der Waals surface area (Å²) in [4.78, 5) is 28.2. The number of halogens is 1. The summed E-state index contributed by atoms with van der Waals surface area (Å²) in [6.45, 7) is 5.04. The van der Waals surface area contributed by atoms with E-state index in [1.807, 2.05) is 26.0 Å². The Balaban J connectivity index is 2.13. The van der Waals surface area contributed by atoms with E-state index in [0.717, 1.165) is 5.56 Å². The van der Waals surface area contributed by atoms with Gasteiger partial charge in [0.25, 0.3) is 5.91 Å². The largest absolute Gasteiger partial charge is 0.342 e. The maximum atomic E-state index is 12.5. The van der Waals surface area contributed by atoms with Gasteiger partial charge >= 0.3 is 0 Å². The average molecular weight is 369 g/mol.